The van der Waals surface area contributed by atoms with Crippen LogP contribution in [0.1, 0.15) is 34.1 Å². The summed E-state index contributed by atoms with van der Waals surface area (Å²) in [6.45, 7) is 8.13. The van der Waals surface area contributed by atoms with Gasteiger partial charge in [0.1, 0.15) is 0 Å². The molecule has 92 valence electrons. The van der Waals surface area contributed by atoms with E-state index in [1.54, 1.807) is 0 Å². The molecule has 2 aliphatic rings. The second-order valence-electron chi connectivity index (χ2n) is 5.30. The van der Waals surface area contributed by atoms with Gasteiger partial charge in [0.15, 0.2) is 0 Å². The Bertz CT molecular complexity index is 438. The molecule has 0 bridgehead atoms. The summed E-state index contributed by atoms with van der Waals surface area (Å²) in [4.78, 5) is 23.2. The van der Waals surface area contributed by atoms with Crippen molar-refractivity contribution in [1.82, 2.24) is 0 Å². The number of carbonyl (C=O) groups is 2. The van der Waals surface area contributed by atoms with E-state index in [9.17, 15) is 9.59 Å². The molecule has 0 radical (unpaired) electrons. The fourth-order valence-electron chi connectivity index (χ4n) is 2.80. The Morgan fingerprint density at radius 1 is 1.29 bits per heavy atom. The maximum Gasteiger partial charge on any atom is 0.318 e. The van der Waals surface area contributed by atoms with Crippen LogP contribution in [-0.4, -0.2) is 11.9 Å². The Balaban J connectivity index is 2.40. The lowest BCUT2D eigenvalue weighted by Gasteiger charge is -2.29. The summed E-state index contributed by atoms with van der Waals surface area (Å²) in [5.74, 6) is -1.14. The van der Waals surface area contributed by atoms with E-state index in [0.29, 0.717) is 6.42 Å². The maximum absolute atomic E-state index is 11.6. The fraction of sp³-hybridized carbons (Fsp3) is 0.571. The molecule has 0 saturated carbocycles. The van der Waals surface area contributed by atoms with Gasteiger partial charge in [-0.05, 0) is 38.7 Å². The number of hydrogen-bond acceptors (Lipinski definition) is 3. The van der Waals surface area contributed by atoms with Crippen molar-refractivity contribution >= 4 is 11.9 Å². The van der Waals surface area contributed by atoms with Gasteiger partial charge >= 0.3 is 11.9 Å². The van der Waals surface area contributed by atoms with E-state index < -0.39 is 0 Å². The molecule has 17 heavy (non-hydrogen) atoms. The van der Waals surface area contributed by atoms with Gasteiger partial charge in [0.25, 0.3) is 0 Å². The lowest BCUT2D eigenvalue weighted by atomic mass is 9.71. The highest BCUT2D eigenvalue weighted by Gasteiger charge is 2.49. The van der Waals surface area contributed by atoms with E-state index in [1.807, 2.05) is 27.7 Å². The molecule has 0 aromatic rings. The van der Waals surface area contributed by atoms with E-state index in [0.717, 1.165) is 0 Å². The normalized spacial score (nSPS) is 32.4. The number of hydrogen-bond donors (Lipinski definition) is 0. The van der Waals surface area contributed by atoms with Crippen molar-refractivity contribution < 1.29 is 14.3 Å². The molecule has 2 rings (SSSR count). The van der Waals surface area contributed by atoms with Gasteiger partial charge in [-0.1, -0.05) is 24.1 Å². The molecule has 3 atom stereocenters. The molecule has 0 unspecified atom stereocenters. The third-order valence-corrected chi connectivity index (χ3v) is 3.84. The summed E-state index contributed by atoms with van der Waals surface area (Å²) in [5.41, 5.74) is 3.60. The molecule has 1 aliphatic carbocycles. The number of carbonyl (C=O) groups excluding carboxylic acids is 2. The molecular formula is C14H18O3. The smallest absolute Gasteiger partial charge is 0.318 e. The van der Waals surface area contributed by atoms with Gasteiger partial charge in [0.2, 0.25) is 0 Å². The van der Waals surface area contributed by atoms with Gasteiger partial charge in [-0.2, -0.15) is 0 Å². The molecule has 0 N–H and O–H groups in total. The predicted octanol–water partition coefficient (Wildman–Crippen LogP) is 2.62. The zero-order valence-corrected chi connectivity index (χ0v) is 10.7. The highest BCUT2D eigenvalue weighted by atomic mass is 16.6. The molecule has 1 fully saturated rings. The largest absolute Gasteiger partial charge is 0.393 e. The van der Waals surface area contributed by atoms with Crippen molar-refractivity contribution in [2.45, 2.75) is 34.1 Å². The topological polar surface area (TPSA) is 43.4 Å². The molecule has 1 saturated heterocycles. The van der Waals surface area contributed by atoms with Gasteiger partial charge < -0.3 is 4.74 Å². The quantitative estimate of drug-likeness (QED) is 0.517. The molecule has 3 nitrogen and oxygen atoms in total. The highest BCUT2D eigenvalue weighted by molar-refractivity contribution is 5.97. The van der Waals surface area contributed by atoms with E-state index in [1.165, 1.54) is 16.7 Å². The van der Waals surface area contributed by atoms with Gasteiger partial charge in [0.05, 0.1) is 11.8 Å². The van der Waals surface area contributed by atoms with Gasteiger partial charge in [-0.3, -0.25) is 9.59 Å². The standard InChI is InChI=1S/C14H18O3/c1-7(2)5-10-6-11-12(9(4)8(10)3)14(16)17-13(11)15/h5,9,11-12H,6H2,1-4H3/t9-,11+,12-/m0/s1. The van der Waals surface area contributed by atoms with Crippen LogP contribution in [0.15, 0.2) is 22.8 Å². The lowest BCUT2D eigenvalue weighted by molar-refractivity contribution is -0.154. The zero-order valence-electron chi connectivity index (χ0n) is 10.7. The fourth-order valence-corrected chi connectivity index (χ4v) is 2.80. The SMILES string of the molecule is CC(C)=CC1=C(C)[C@H](C)[C@@H]2C(=O)OC(=O)[C@@H]2C1. The van der Waals surface area contributed by atoms with Crippen molar-refractivity contribution in [2.75, 3.05) is 0 Å². The summed E-state index contributed by atoms with van der Waals surface area (Å²) in [7, 11) is 0. The second-order valence-corrected chi connectivity index (χ2v) is 5.30. The molecule has 0 aromatic carbocycles. The van der Waals surface area contributed by atoms with Crippen LogP contribution in [-0.2, 0) is 14.3 Å². The van der Waals surface area contributed by atoms with Crippen LogP contribution in [0, 0.1) is 17.8 Å². The Morgan fingerprint density at radius 3 is 2.53 bits per heavy atom. The first kappa shape index (κ1) is 12.1. The van der Waals surface area contributed by atoms with Crippen LogP contribution in [0.2, 0.25) is 0 Å². The summed E-state index contributed by atoms with van der Waals surface area (Å²) in [6, 6.07) is 0. The second kappa shape index (κ2) is 4.13. The Labute approximate surface area is 102 Å². The maximum atomic E-state index is 11.6. The van der Waals surface area contributed by atoms with Gasteiger partial charge in [0, 0.05) is 0 Å². The first-order valence-corrected chi connectivity index (χ1v) is 6.02. The molecular weight excluding hydrogens is 216 g/mol. The zero-order chi connectivity index (χ0) is 12.7. The Kier molecular flexibility index (Phi) is 2.94. The van der Waals surface area contributed by atoms with Gasteiger partial charge in [-0.25, -0.2) is 0 Å². The van der Waals surface area contributed by atoms with E-state index in [2.05, 4.69) is 6.08 Å². The predicted molar refractivity (Wildman–Crippen MR) is 64.0 cm³/mol. The number of ether oxygens (including phenoxy) is 1. The van der Waals surface area contributed by atoms with E-state index >= 15 is 0 Å². The number of rotatable bonds is 1. The minimum atomic E-state index is -0.348. The number of fused-ring (bicyclic) bond motifs is 1. The summed E-state index contributed by atoms with van der Waals surface area (Å²) in [6.07, 6.45) is 2.74. The number of cyclic esters (lactones) is 2. The van der Waals surface area contributed by atoms with Crippen LogP contribution >= 0.6 is 0 Å². The first-order valence-electron chi connectivity index (χ1n) is 6.02. The van der Waals surface area contributed by atoms with Crippen LogP contribution < -0.4 is 0 Å². The molecule has 0 amide bonds. The third-order valence-electron chi connectivity index (χ3n) is 3.84. The van der Waals surface area contributed by atoms with E-state index in [-0.39, 0.29) is 29.7 Å². The Morgan fingerprint density at radius 2 is 1.94 bits per heavy atom. The summed E-state index contributed by atoms with van der Waals surface area (Å²) in [5, 5.41) is 0. The Hall–Kier alpha value is -1.38. The monoisotopic (exact) mass is 234 g/mol. The van der Waals surface area contributed by atoms with Crippen molar-refractivity contribution in [1.29, 1.82) is 0 Å². The van der Waals surface area contributed by atoms with Crippen LogP contribution in [0.5, 0.6) is 0 Å². The molecule has 0 aromatic heterocycles. The van der Waals surface area contributed by atoms with Crippen molar-refractivity contribution in [3.05, 3.63) is 22.8 Å². The molecule has 3 heteroatoms. The average Bonchev–Trinajstić information content (AvgIpc) is 2.49. The summed E-state index contributed by atoms with van der Waals surface area (Å²) >= 11 is 0. The molecule has 1 aliphatic heterocycles. The summed E-state index contributed by atoms with van der Waals surface area (Å²) < 4.78 is 4.76. The molecule has 1 heterocycles. The third kappa shape index (κ3) is 1.94. The highest BCUT2D eigenvalue weighted by Crippen LogP contribution is 2.43. The minimum absolute atomic E-state index is 0.0956. The van der Waals surface area contributed by atoms with Crippen LogP contribution in [0.4, 0.5) is 0 Å². The van der Waals surface area contributed by atoms with E-state index in [4.69, 9.17) is 4.74 Å². The number of esters is 2. The van der Waals surface area contributed by atoms with Crippen molar-refractivity contribution in [3.63, 3.8) is 0 Å². The van der Waals surface area contributed by atoms with Crippen LogP contribution in [0.3, 0.4) is 0 Å². The molecule has 0 spiro atoms. The average molecular weight is 234 g/mol. The minimum Gasteiger partial charge on any atom is -0.393 e. The van der Waals surface area contributed by atoms with Gasteiger partial charge in [-0.15, -0.1) is 0 Å². The lowest BCUT2D eigenvalue weighted by Crippen LogP contribution is -2.30. The van der Waals surface area contributed by atoms with Crippen LogP contribution in [0.25, 0.3) is 0 Å². The number of allylic oxidation sites excluding steroid dienone is 4. The first-order chi connectivity index (χ1) is 7.91. The van der Waals surface area contributed by atoms with Crippen molar-refractivity contribution in [3.8, 4) is 0 Å². The van der Waals surface area contributed by atoms with Crippen molar-refractivity contribution in [2.24, 2.45) is 17.8 Å².